The first-order chi connectivity index (χ1) is 12.0. The number of urea groups is 1. The number of amides is 2. The number of hydrogen-bond donors (Lipinski definition) is 2. The van der Waals surface area contributed by atoms with E-state index >= 15 is 0 Å². The quantitative estimate of drug-likeness (QED) is 0.703. The second kappa shape index (κ2) is 7.16. The lowest BCUT2D eigenvalue weighted by atomic mass is 10.1. The Bertz CT molecular complexity index is 934. The Labute approximate surface area is 150 Å². The van der Waals surface area contributed by atoms with Crippen LogP contribution in [0.3, 0.4) is 0 Å². The molecule has 0 saturated heterocycles. The molecule has 0 saturated carbocycles. The lowest BCUT2D eigenvalue weighted by molar-refractivity contribution is 0.262. The topological polar surface area (TPSA) is 77.8 Å². The van der Waals surface area contributed by atoms with Crippen LogP contribution in [0.5, 0.6) is 0 Å². The number of nitriles is 1. The predicted molar refractivity (Wildman–Crippen MR) is 101 cm³/mol. The van der Waals surface area contributed by atoms with Crippen molar-refractivity contribution in [3.63, 3.8) is 0 Å². The highest BCUT2D eigenvalue weighted by Gasteiger charge is 2.09. The molecule has 0 atom stereocenters. The summed E-state index contributed by atoms with van der Waals surface area (Å²) >= 11 is 1.35. The van der Waals surface area contributed by atoms with E-state index in [4.69, 9.17) is 5.26 Å². The van der Waals surface area contributed by atoms with Crippen molar-refractivity contribution in [2.75, 3.05) is 10.6 Å². The Morgan fingerprint density at radius 2 is 1.76 bits per heavy atom. The predicted octanol–water partition coefficient (Wildman–Crippen LogP) is 4.94. The Hall–Kier alpha value is -3.17. The molecule has 3 aromatic rings. The lowest BCUT2D eigenvalue weighted by Crippen LogP contribution is -2.19. The largest absolute Gasteiger partial charge is 0.325 e. The number of nitrogens with one attached hydrogen (secondary N) is 2. The van der Waals surface area contributed by atoms with Crippen LogP contribution in [0.4, 0.5) is 15.6 Å². The van der Waals surface area contributed by atoms with Gasteiger partial charge in [0.15, 0.2) is 5.13 Å². The maximum atomic E-state index is 12.1. The van der Waals surface area contributed by atoms with Crippen molar-refractivity contribution in [1.82, 2.24) is 4.98 Å². The number of nitrogens with zero attached hydrogens (tertiary/aromatic N) is 2. The molecule has 0 aliphatic heterocycles. The minimum atomic E-state index is -0.328. The van der Waals surface area contributed by atoms with Crippen LogP contribution in [0.1, 0.15) is 16.7 Å². The molecule has 3 rings (SSSR count). The maximum Gasteiger partial charge on any atom is 0.325 e. The number of hydrogen-bond acceptors (Lipinski definition) is 4. The number of aromatic nitrogens is 1. The number of carbonyl (C=O) groups excluding carboxylic acids is 1. The molecule has 0 bridgehead atoms. The first-order valence-corrected chi connectivity index (χ1v) is 8.54. The van der Waals surface area contributed by atoms with Gasteiger partial charge in [-0.2, -0.15) is 5.26 Å². The number of aryl methyl sites for hydroxylation is 2. The highest BCUT2D eigenvalue weighted by Crippen LogP contribution is 2.25. The third-order valence-electron chi connectivity index (χ3n) is 3.51. The van der Waals surface area contributed by atoms with Crippen molar-refractivity contribution in [3.05, 3.63) is 64.5 Å². The summed E-state index contributed by atoms with van der Waals surface area (Å²) in [6.45, 7) is 3.97. The van der Waals surface area contributed by atoms with E-state index in [1.54, 1.807) is 12.1 Å². The molecule has 0 fully saturated rings. The van der Waals surface area contributed by atoms with Gasteiger partial charge in [-0.05, 0) is 49.2 Å². The van der Waals surface area contributed by atoms with E-state index in [1.807, 2.05) is 49.6 Å². The van der Waals surface area contributed by atoms with Gasteiger partial charge in [-0.1, -0.05) is 18.2 Å². The SMILES string of the molecule is Cc1cc(C)cc(NC(=O)Nc2nc(-c3ccc(C#N)cc3)cs2)c1. The standard InChI is InChI=1S/C19H16N4OS/c1-12-7-13(2)9-16(8-12)21-18(24)23-19-22-17(11-25-19)15-5-3-14(10-20)4-6-15/h3-9,11H,1-2H3,(H2,21,22,23,24). The van der Waals surface area contributed by atoms with Crippen molar-refractivity contribution >= 4 is 28.2 Å². The van der Waals surface area contributed by atoms with Gasteiger partial charge in [0.2, 0.25) is 0 Å². The zero-order valence-electron chi connectivity index (χ0n) is 13.8. The van der Waals surface area contributed by atoms with E-state index < -0.39 is 0 Å². The van der Waals surface area contributed by atoms with Crippen molar-refractivity contribution in [1.29, 1.82) is 5.26 Å². The smallest absolute Gasteiger partial charge is 0.308 e. The van der Waals surface area contributed by atoms with Gasteiger partial charge in [-0.25, -0.2) is 9.78 Å². The first-order valence-electron chi connectivity index (χ1n) is 7.66. The highest BCUT2D eigenvalue weighted by molar-refractivity contribution is 7.14. The van der Waals surface area contributed by atoms with Crippen molar-refractivity contribution < 1.29 is 4.79 Å². The molecule has 0 radical (unpaired) electrons. The number of benzene rings is 2. The zero-order chi connectivity index (χ0) is 17.8. The Morgan fingerprint density at radius 3 is 2.40 bits per heavy atom. The first kappa shape index (κ1) is 16.7. The van der Waals surface area contributed by atoms with Crippen molar-refractivity contribution in [3.8, 4) is 17.3 Å². The number of thiazole rings is 1. The maximum absolute atomic E-state index is 12.1. The zero-order valence-corrected chi connectivity index (χ0v) is 14.6. The van der Waals surface area contributed by atoms with Crippen LogP contribution in [0.2, 0.25) is 0 Å². The Kier molecular flexibility index (Phi) is 4.78. The fourth-order valence-electron chi connectivity index (χ4n) is 2.49. The van der Waals surface area contributed by atoms with E-state index in [0.717, 1.165) is 28.1 Å². The fourth-order valence-corrected chi connectivity index (χ4v) is 3.20. The Morgan fingerprint density at radius 1 is 1.08 bits per heavy atom. The van der Waals surface area contributed by atoms with Gasteiger partial charge in [-0.3, -0.25) is 5.32 Å². The van der Waals surface area contributed by atoms with E-state index in [1.165, 1.54) is 11.3 Å². The molecule has 124 valence electrons. The lowest BCUT2D eigenvalue weighted by Gasteiger charge is -2.07. The van der Waals surface area contributed by atoms with Crippen LogP contribution in [-0.4, -0.2) is 11.0 Å². The normalized spacial score (nSPS) is 10.1. The van der Waals surface area contributed by atoms with Crippen LogP contribution in [0.15, 0.2) is 47.8 Å². The average Bonchev–Trinajstić information content (AvgIpc) is 3.02. The molecule has 2 amide bonds. The summed E-state index contributed by atoms with van der Waals surface area (Å²) in [6.07, 6.45) is 0. The van der Waals surface area contributed by atoms with Crippen LogP contribution >= 0.6 is 11.3 Å². The molecule has 1 aromatic heterocycles. The van der Waals surface area contributed by atoms with Gasteiger partial charge < -0.3 is 5.32 Å². The van der Waals surface area contributed by atoms with Crippen molar-refractivity contribution in [2.24, 2.45) is 0 Å². The third kappa shape index (κ3) is 4.22. The fraction of sp³-hybridized carbons (Fsp3) is 0.105. The number of anilines is 2. The second-order valence-electron chi connectivity index (χ2n) is 5.68. The van der Waals surface area contributed by atoms with Crippen LogP contribution < -0.4 is 10.6 Å². The summed E-state index contributed by atoms with van der Waals surface area (Å²) in [7, 11) is 0. The molecule has 5 nitrogen and oxygen atoms in total. The number of rotatable bonds is 3. The highest BCUT2D eigenvalue weighted by atomic mass is 32.1. The summed E-state index contributed by atoms with van der Waals surface area (Å²) in [5, 5.41) is 16.8. The summed E-state index contributed by atoms with van der Waals surface area (Å²) in [5.74, 6) is 0. The van der Waals surface area contributed by atoms with Gasteiger partial charge in [-0.15, -0.1) is 11.3 Å². The van der Waals surface area contributed by atoms with E-state index in [0.29, 0.717) is 10.7 Å². The van der Waals surface area contributed by atoms with Gasteiger partial charge >= 0.3 is 6.03 Å². The summed E-state index contributed by atoms with van der Waals surface area (Å²) in [5.41, 5.74) is 5.19. The monoisotopic (exact) mass is 348 g/mol. The van der Waals surface area contributed by atoms with E-state index in [2.05, 4.69) is 21.7 Å². The summed E-state index contributed by atoms with van der Waals surface area (Å²) in [4.78, 5) is 16.6. The Balaban J connectivity index is 1.68. The molecular weight excluding hydrogens is 332 g/mol. The molecule has 0 unspecified atom stereocenters. The van der Waals surface area contributed by atoms with Gasteiger partial charge in [0.1, 0.15) is 0 Å². The van der Waals surface area contributed by atoms with Crippen LogP contribution in [0.25, 0.3) is 11.3 Å². The molecule has 6 heteroatoms. The van der Waals surface area contributed by atoms with Crippen LogP contribution in [0, 0.1) is 25.2 Å². The molecule has 0 spiro atoms. The van der Waals surface area contributed by atoms with E-state index in [9.17, 15) is 4.79 Å². The molecular formula is C19H16N4OS. The van der Waals surface area contributed by atoms with Crippen molar-refractivity contribution in [2.45, 2.75) is 13.8 Å². The van der Waals surface area contributed by atoms with Gasteiger partial charge in [0, 0.05) is 16.6 Å². The molecule has 2 aromatic carbocycles. The summed E-state index contributed by atoms with van der Waals surface area (Å²) < 4.78 is 0. The van der Waals surface area contributed by atoms with E-state index in [-0.39, 0.29) is 6.03 Å². The molecule has 25 heavy (non-hydrogen) atoms. The second-order valence-corrected chi connectivity index (χ2v) is 6.54. The third-order valence-corrected chi connectivity index (χ3v) is 4.27. The van der Waals surface area contributed by atoms with Gasteiger partial charge in [0.05, 0.1) is 17.3 Å². The minimum Gasteiger partial charge on any atom is -0.308 e. The molecule has 0 aliphatic carbocycles. The van der Waals surface area contributed by atoms with Gasteiger partial charge in [0.25, 0.3) is 0 Å². The van der Waals surface area contributed by atoms with Crippen LogP contribution in [-0.2, 0) is 0 Å². The summed E-state index contributed by atoms with van der Waals surface area (Å²) in [6, 6.07) is 14.8. The molecule has 0 aliphatic rings. The molecule has 1 heterocycles. The molecule has 2 N–H and O–H groups in total. The number of carbonyl (C=O) groups is 1. The minimum absolute atomic E-state index is 0.328. The average molecular weight is 348 g/mol.